The van der Waals surface area contributed by atoms with E-state index in [9.17, 15) is 22.4 Å². The Hall–Kier alpha value is -3.72. The van der Waals surface area contributed by atoms with Crippen LogP contribution in [0.5, 0.6) is 0 Å². The molecular formula is C24H20FN3O4S. The number of benzene rings is 3. The van der Waals surface area contributed by atoms with E-state index in [2.05, 4.69) is 10.6 Å². The van der Waals surface area contributed by atoms with E-state index >= 15 is 0 Å². The quantitative estimate of drug-likeness (QED) is 0.619. The van der Waals surface area contributed by atoms with E-state index in [0.717, 1.165) is 5.56 Å². The number of rotatable bonds is 4. The van der Waals surface area contributed by atoms with Gasteiger partial charge in [-0.25, -0.2) is 17.6 Å². The summed E-state index contributed by atoms with van der Waals surface area (Å²) in [5.74, 6) is -0.853. The Labute approximate surface area is 190 Å². The van der Waals surface area contributed by atoms with Gasteiger partial charge in [-0.2, -0.15) is 0 Å². The minimum absolute atomic E-state index is 0.0311. The molecule has 1 fully saturated rings. The highest BCUT2D eigenvalue weighted by molar-refractivity contribution is 7.92. The number of amides is 3. The van der Waals surface area contributed by atoms with E-state index in [1.165, 1.54) is 24.3 Å². The Morgan fingerprint density at radius 3 is 2.52 bits per heavy atom. The fourth-order valence-corrected chi connectivity index (χ4v) is 6.04. The number of anilines is 1. The molecule has 2 heterocycles. The molecule has 3 amide bonds. The fraction of sp³-hybridized carbons (Fsp3) is 0.167. The van der Waals surface area contributed by atoms with Crippen LogP contribution in [0.1, 0.15) is 15.9 Å². The standard InChI is InChI=1S/C24H20FN3O4S/c25-17-8-4-7-16(13-17)23(29)28-12-11-18-19(28)9-10-20(22(18)15-5-2-1-3-6-15)33(31,32)21-14-26-24(30)27-21/h1-10,13,21H,11-12,14H2,(H2,26,27,30). The minimum Gasteiger partial charge on any atom is -0.335 e. The number of carbonyl (C=O) groups excluding carboxylic acids is 2. The van der Waals surface area contributed by atoms with Gasteiger partial charge in [0, 0.05) is 23.4 Å². The summed E-state index contributed by atoms with van der Waals surface area (Å²) in [4.78, 5) is 26.4. The maximum Gasteiger partial charge on any atom is 0.315 e. The van der Waals surface area contributed by atoms with E-state index in [0.29, 0.717) is 29.8 Å². The molecule has 0 aliphatic carbocycles. The second-order valence-electron chi connectivity index (χ2n) is 7.91. The van der Waals surface area contributed by atoms with Crippen molar-refractivity contribution in [3.8, 4) is 11.1 Å². The normalized spacial score (nSPS) is 17.4. The third-order valence-electron chi connectivity index (χ3n) is 5.93. The molecule has 33 heavy (non-hydrogen) atoms. The van der Waals surface area contributed by atoms with Crippen LogP contribution < -0.4 is 15.5 Å². The third kappa shape index (κ3) is 3.64. The largest absolute Gasteiger partial charge is 0.335 e. The molecule has 2 aliphatic rings. The Kier molecular flexibility index (Phi) is 5.13. The van der Waals surface area contributed by atoms with Crippen LogP contribution in [-0.2, 0) is 16.3 Å². The highest BCUT2D eigenvalue weighted by Crippen LogP contribution is 2.41. The summed E-state index contributed by atoms with van der Waals surface area (Å²) in [7, 11) is -3.91. The van der Waals surface area contributed by atoms with Crippen LogP contribution in [0.15, 0.2) is 71.6 Å². The first-order valence-electron chi connectivity index (χ1n) is 10.4. The number of fused-ring (bicyclic) bond motifs is 1. The number of hydrogen-bond acceptors (Lipinski definition) is 4. The van der Waals surface area contributed by atoms with Crippen molar-refractivity contribution in [3.05, 3.63) is 83.7 Å². The first-order chi connectivity index (χ1) is 15.9. The molecule has 3 aromatic carbocycles. The van der Waals surface area contributed by atoms with E-state index < -0.39 is 27.1 Å². The molecule has 5 rings (SSSR count). The second-order valence-corrected chi connectivity index (χ2v) is 10.0. The highest BCUT2D eigenvalue weighted by Gasteiger charge is 2.38. The van der Waals surface area contributed by atoms with Crippen LogP contribution in [-0.4, -0.2) is 38.8 Å². The number of urea groups is 1. The van der Waals surface area contributed by atoms with Crippen molar-refractivity contribution in [1.82, 2.24) is 10.6 Å². The Balaban J connectivity index is 1.64. The number of halogens is 1. The monoisotopic (exact) mass is 465 g/mol. The molecule has 0 spiro atoms. The minimum atomic E-state index is -3.91. The van der Waals surface area contributed by atoms with Gasteiger partial charge in [0.1, 0.15) is 5.82 Å². The molecule has 9 heteroatoms. The van der Waals surface area contributed by atoms with Crippen LogP contribution in [0.4, 0.5) is 14.9 Å². The van der Waals surface area contributed by atoms with Crippen LogP contribution in [0, 0.1) is 5.82 Å². The zero-order chi connectivity index (χ0) is 23.2. The van der Waals surface area contributed by atoms with Gasteiger partial charge in [0.05, 0.1) is 11.4 Å². The molecule has 0 aromatic heterocycles. The summed E-state index contributed by atoms with van der Waals surface area (Å²) in [5.41, 5.74) is 2.76. The lowest BCUT2D eigenvalue weighted by atomic mass is 9.97. The van der Waals surface area contributed by atoms with Crippen LogP contribution in [0.25, 0.3) is 11.1 Å². The predicted octanol–water partition coefficient (Wildman–Crippen LogP) is 3.11. The Morgan fingerprint density at radius 1 is 1.03 bits per heavy atom. The predicted molar refractivity (Wildman–Crippen MR) is 121 cm³/mol. The van der Waals surface area contributed by atoms with Crippen LogP contribution in [0.2, 0.25) is 0 Å². The van der Waals surface area contributed by atoms with Gasteiger partial charge >= 0.3 is 6.03 Å². The fourth-order valence-electron chi connectivity index (χ4n) is 4.39. The number of hydrogen-bond donors (Lipinski definition) is 2. The highest BCUT2D eigenvalue weighted by atomic mass is 32.2. The first kappa shape index (κ1) is 21.1. The van der Waals surface area contributed by atoms with Gasteiger partial charge < -0.3 is 15.5 Å². The smallest absolute Gasteiger partial charge is 0.315 e. The maximum absolute atomic E-state index is 13.7. The topological polar surface area (TPSA) is 95.6 Å². The van der Waals surface area contributed by atoms with Gasteiger partial charge in [-0.15, -0.1) is 0 Å². The maximum atomic E-state index is 13.7. The summed E-state index contributed by atoms with van der Waals surface area (Å²) in [5, 5.41) is 3.86. The average Bonchev–Trinajstić information content (AvgIpc) is 3.45. The van der Waals surface area contributed by atoms with Crippen molar-refractivity contribution in [2.75, 3.05) is 18.0 Å². The molecule has 1 atom stereocenters. The summed E-state index contributed by atoms with van der Waals surface area (Å²) in [6.45, 7) is 0.312. The van der Waals surface area contributed by atoms with Crippen molar-refractivity contribution >= 4 is 27.5 Å². The van der Waals surface area contributed by atoms with Gasteiger partial charge in [0.25, 0.3) is 5.91 Å². The summed E-state index contributed by atoms with van der Waals surface area (Å²) in [6.07, 6.45) is 0.444. The lowest BCUT2D eigenvalue weighted by molar-refractivity contribution is 0.0989. The van der Waals surface area contributed by atoms with Gasteiger partial charge in [-0.3, -0.25) is 4.79 Å². The van der Waals surface area contributed by atoms with Gasteiger partial charge in [-0.1, -0.05) is 36.4 Å². The van der Waals surface area contributed by atoms with E-state index in [4.69, 9.17) is 0 Å². The van der Waals surface area contributed by atoms with E-state index in [-0.39, 0.29) is 22.9 Å². The van der Waals surface area contributed by atoms with Crippen molar-refractivity contribution in [2.24, 2.45) is 0 Å². The molecule has 1 saturated heterocycles. The van der Waals surface area contributed by atoms with Crippen LogP contribution in [0.3, 0.4) is 0 Å². The first-order valence-corrected chi connectivity index (χ1v) is 12.0. The van der Waals surface area contributed by atoms with E-state index in [1.54, 1.807) is 17.0 Å². The molecule has 2 aliphatic heterocycles. The molecule has 0 bridgehead atoms. The van der Waals surface area contributed by atoms with Crippen molar-refractivity contribution in [2.45, 2.75) is 16.7 Å². The SMILES string of the molecule is O=C1NCC(S(=O)(=O)c2ccc3c(c2-c2ccccc2)CCN3C(=O)c2cccc(F)c2)N1. The van der Waals surface area contributed by atoms with Gasteiger partial charge in [0.15, 0.2) is 5.37 Å². The second kappa shape index (κ2) is 8.00. The molecule has 0 radical (unpaired) electrons. The number of nitrogens with one attached hydrogen (secondary N) is 2. The lowest BCUT2D eigenvalue weighted by Crippen LogP contribution is -2.35. The molecule has 2 N–H and O–H groups in total. The van der Waals surface area contributed by atoms with Crippen molar-refractivity contribution in [3.63, 3.8) is 0 Å². The summed E-state index contributed by atoms with van der Waals surface area (Å²) in [6, 6.07) is 17.2. The van der Waals surface area contributed by atoms with Gasteiger partial charge in [-0.05, 0) is 47.9 Å². The number of carbonyl (C=O) groups is 2. The van der Waals surface area contributed by atoms with Crippen LogP contribution >= 0.6 is 0 Å². The summed E-state index contributed by atoms with van der Waals surface area (Å²) < 4.78 is 40.6. The number of nitrogens with zero attached hydrogens (tertiary/aromatic N) is 1. The molecule has 0 saturated carbocycles. The molecular weight excluding hydrogens is 445 g/mol. The van der Waals surface area contributed by atoms with Gasteiger partial charge in [0.2, 0.25) is 9.84 Å². The molecule has 7 nitrogen and oxygen atoms in total. The van der Waals surface area contributed by atoms with E-state index in [1.807, 2.05) is 30.3 Å². The molecule has 168 valence electrons. The number of sulfone groups is 1. The zero-order valence-electron chi connectivity index (χ0n) is 17.4. The van der Waals surface area contributed by atoms with Crippen molar-refractivity contribution in [1.29, 1.82) is 0 Å². The zero-order valence-corrected chi connectivity index (χ0v) is 18.2. The third-order valence-corrected chi connectivity index (χ3v) is 7.91. The van der Waals surface area contributed by atoms with Crippen molar-refractivity contribution < 1.29 is 22.4 Å². The summed E-state index contributed by atoms with van der Waals surface area (Å²) >= 11 is 0. The molecule has 1 unspecified atom stereocenters. The lowest BCUT2D eigenvalue weighted by Gasteiger charge is -2.21. The Morgan fingerprint density at radius 2 is 1.82 bits per heavy atom. The average molecular weight is 466 g/mol. The Bertz CT molecular complexity index is 1380. The molecule has 3 aromatic rings.